The van der Waals surface area contributed by atoms with Gasteiger partial charge in [0.1, 0.15) is 6.54 Å². The number of carbonyl (C=O) groups excluding carboxylic acids is 2. The molecule has 0 spiro atoms. The molecule has 0 aromatic carbocycles. The predicted octanol–water partition coefficient (Wildman–Crippen LogP) is 0.718. The summed E-state index contributed by atoms with van der Waals surface area (Å²) in [6, 6.07) is 0.985. The van der Waals surface area contributed by atoms with E-state index in [1.54, 1.807) is 0 Å². The van der Waals surface area contributed by atoms with Crippen LogP contribution < -0.4 is 5.73 Å². The molecule has 4 nitrogen and oxygen atoms in total. The lowest BCUT2D eigenvalue weighted by atomic mass is 10.2. The number of halogens is 3. The SMILES string of the molecule is NC(=O)Cn1ccc(C(=O)C(F)(F)F)c1. The van der Waals surface area contributed by atoms with E-state index < -0.39 is 23.4 Å². The van der Waals surface area contributed by atoms with E-state index in [0.29, 0.717) is 0 Å². The van der Waals surface area contributed by atoms with Gasteiger partial charge in [-0.05, 0) is 6.07 Å². The zero-order valence-corrected chi connectivity index (χ0v) is 7.41. The van der Waals surface area contributed by atoms with Gasteiger partial charge in [0.2, 0.25) is 5.91 Å². The largest absolute Gasteiger partial charge is 0.454 e. The highest BCUT2D eigenvalue weighted by molar-refractivity contribution is 6.00. The van der Waals surface area contributed by atoms with Crippen LogP contribution in [-0.4, -0.2) is 22.4 Å². The fourth-order valence-corrected chi connectivity index (χ4v) is 1.02. The molecule has 0 saturated carbocycles. The van der Waals surface area contributed by atoms with E-state index >= 15 is 0 Å². The first-order valence-corrected chi connectivity index (χ1v) is 3.86. The van der Waals surface area contributed by atoms with Crippen LogP contribution in [0.2, 0.25) is 0 Å². The number of ketones is 1. The summed E-state index contributed by atoms with van der Waals surface area (Å²) in [6.45, 7) is -0.259. The Labute approximate surface area is 82.5 Å². The lowest BCUT2D eigenvalue weighted by molar-refractivity contribution is -0.118. The Balaban J connectivity index is 2.85. The van der Waals surface area contributed by atoms with E-state index in [-0.39, 0.29) is 6.54 Å². The fraction of sp³-hybridized carbons (Fsp3) is 0.250. The minimum absolute atomic E-state index is 0.259. The molecule has 0 fully saturated rings. The van der Waals surface area contributed by atoms with Crippen molar-refractivity contribution in [2.24, 2.45) is 5.73 Å². The minimum Gasteiger partial charge on any atom is -0.368 e. The van der Waals surface area contributed by atoms with Crippen molar-refractivity contribution in [2.45, 2.75) is 12.7 Å². The third-order valence-corrected chi connectivity index (χ3v) is 1.61. The molecule has 15 heavy (non-hydrogen) atoms. The maximum Gasteiger partial charge on any atom is 0.454 e. The molecule has 7 heteroatoms. The van der Waals surface area contributed by atoms with Crippen molar-refractivity contribution in [3.05, 3.63) is 24.0 Å². The van der Waals surface area contributed by atoms with Crippen LogP contribution in [-0.2, 0) is 11.3 Å². The number of rotatable bonds is 3. The summed E-state index contributed by atoms with van der Waals surface area (Å²) < 4.78 is 37.0. The number of carbonyl (C=O) groups is 2. The highest BCUT2D eigenvalue weighted by Crippen LogP contribution is 2.21. The van der Waals surface area contributed by atoms with E-state index in [2.05, 4.69) is 0 Å². The highest BCUT2D eigenvalue weighted by atomic mass is 19.4. The maximum absolute atomic E-state index is 12.0. The molecular weight excluding hydrogens is 213 g/mol. The number of hydrogen-bond donors (Lipinski definition) is 1. The lowest BCUT2D eigenvalue weighted by Gasteiger charge is -2.02. The zero-order valence-electron chi connectivity index (χ0n) is 7.41. The number of alkyl halides is 3. The molecule has 0 radical (unpaired) electrons. The van der Waals surface area contributed by atoms with Gasteiger partial charge in [-0.1, -0.05) is 0 Å². The van der Waals surface area contributed by atoms with Crippen molar-refractivity contribution in [1.82, 2.24) is 4.57 Å². The van der Waals surface area contributed by atoms with Gasteiger partial charge in [0.05, 0.1) is 0 Å². The van der Waals surface area contributed by atoms with Crippen LogP contribution in [0.5, 0.6) is 0 Å². The van der Waals surface area contributed by atoms with Crippen LogP contribution in [0.3, 0.4) is 0 Å². The van der Waals surface area contributed by atoms with E-state index in [9.17, 15) is 22.8 Å². The normalized spacial score (nSPS) is 11.4. The molecule has 1 rings (SSSR count). The van der Waals surface area contributed by atoms with Crippen molar-refractivity contribution in [3.8, 4) is 0 Å². The average Bonchev–Trinajstić information content (AvgIpc) is 2.48. The van der Waals surface area contributed by atoms with Crippen molar-refractivity contribution in [2.75, 3.05) is 0 Å². The second kappa shape index (κ2) is 3.76. The third-order valence-electron chi connectivity index (χ3n) is 1.61. The van der Waals surface area contributed by atoms with Gasteiger partial charge in [0.15, 0.2) is 0 Å². The van der Waals surface area contributed by atoms with E-state index in [1.165, 1.54) is 6.20 Å². The number of hydrogen-bond acceptors (Lipinski definition) is 2. The monoisotopic (exact) mass is 220 g/mol. The Morgan fingerprint density at radius 1 is 1.40 bits per heavy atom. The van der Waals surface area contributed by atoms with Crippen molar-refractivity contribution in [3.63, 3.8) is 0 Å². The number of aromatic nitrogens is 1. The Morgan fingerprint density at radius 3 is 2.47 bits per heavy atom. The van der Waals surface area contributed by atoms with Gasteiger partial charge in [-0.3, -0.25) is 9.59 Å². The number of nitrogens with two attached hydrogens (primary N) is 1. The number of amides is 1. The Hall–Kier alpha value is -1.79. The average molecular weight is 220 g/mol. The molecular formula is C8H7F3N2O2. The van der Waals surface area contributed by atoms with Crippen LogP contribution in [0.4, 0.5) is 13.2 Å². The molecule has 1 aromatic heterocycles. The Morgan fingerprint density at radius 2 is 2.00 bits per heavy atom. The molecule has 0 bridgehead atoms. The van der Waals surface area contributed by atoms with Crippen LogP contribution >= 0.6 is 0 Å². The molecule has 1 aromatic rings. The summed E-state index contributed by atoms with van der Waals surface area (Å²) in [5, 5.41) is 0. The zero-order chi connectivity index (χ0) is 11.6. The van der Waals surface area contributed by atoms with Crippen molar-refractivity contribution in [1.29, 1.82) is 0 Å². The maximum atomic E-state index is 12.0. The second-order valence-corrected chi connectivity index (χ2v) is 2.87. The van der Waals surface area contributed by atoms with Gasteiger partial charge in [-0.25, -0.2) is 0 Å². The third kappa shape index (κ3) is 2.83. The van der Waals surface area contributed by atoms with Crippen molar-refractivity contribution >= 4 is 11.7 Å². The number of Topliss-reactive ketones (excluding diaryl/α,β-unsaturated/α-hetero) is 1. The minimum atomic E-state index is -4.90. The standard InChI is InChI=1S/C8H7F3N2O2/c9-8(10,11)7(15)5-1-2-13(3-5)4-6(12)14/h1-3H,4H2,(H2,12,14). The van der Waals surface area contributed by atoms with Crippen LogP contribution in [0.15, 0.2) is 18.5 Å². The molecule has 1 heterocycles. The highest BCUT2D eigenvalue weighted by Gasteiger charge is 2.39. The summed E-state index contributed by atoms with van der Waals surface area (Å²) in [4.78, 5) is 21.1. The molecule has 0 atom stereocenters. The van der Waals surface area contributed by atoms with E-state index in [4.69, 9.17) is 5.73 Å². The van der Waals surface area contributed by atoms with Gasteiger partial charge >= 0.3 is 6.18 Å². The van der Waals surface area contributed by atoms with Gasteiger partial charge in [-0.15, -0.1) is 0 Å². The summed E-state index contributed by atoms with van der Waals surface area (Å²) in [5.74, 6) is -2.64. The van der Waals surface area contributed by atoms with E-state index in [1.807, 2.05) is 0 Å². The fourth-order valence-electron chi connectivity index (χ4n) is 1.02. The first kappa shape index (κ1) is 11.3. The van der Waals surface area contributed by atoms with Crippen LogP contribution in [0.1, 0.15) is 10.4 Å². The van der Waals surface area contributed by atoms with Gasteiger partial charge in [0.25, 0.3) is 5.78 Å². The molecule has 0 aliphatic rings. The second-order valence-electron chi connectivity index (χ2n) is 2.87. The number of primary amides is 1. The van der Waals surface area contributed by atoms with Gasteiger partial charge in [-0.2, -0.15) is 13.2 Å². The molecule has 0 aliphatic carbocycles. The molecule has 0 aliphatic heterocycles. The summed E-state index contributed by atoms with van der Waals surface area (Å²) in [6.07, 6.45) is -2.79. The molecule has 0 saturated heterocycles. The number of nitrogens with zero attached hydrogens (tertiary/aromatic N) is 1. The predicted molar refractivity (Wildman–Crippen MR) is 44.0 cm³/mol. The first-order chi connectivity index (χ1) is 6.80. The van der Waals surface area contributed by atoms with Crippen LogP contribution in [0, 0.1) is 0 Å². The first-order valence-electron chi connectivity index (χ1n) is 3.86. The summed E-state index contributed by atoms with van der Waals surface area (Å²) >= 11 is 0. The molecule has 2 N–H and O–H groups in total. The van der Waals surface area contributed by atoms with E-state index in [0.717, 1.165) is 16.8 Å². The smallest absolute Gasteiger partial charge is 0.368 e. The summed E-state index contributed by atoms with van der Waals surface area (Å²) in [7, 11) is 0. The van der Waals surface area contributed by atoms with Crippen LogP contribution in [0.25, 0.3) is 0 Å². The Bertz CT molecular complexity index is 395. The van der Waals surface area contributed by atoms with Crippen molar-refractivity contribution < 1.29 is 22.8 Å². The quantitative estimate of drug-likeness (QED) is 0.762. The molecule has 82 valence electrons. The van der Waals surface area contributed by atoms with Gasteiger partial charge in [0, 0.05) is 18.0 Å². The molecule has 1 amide bonds. The molecule has 0 unspecified atom stereocenters. The summed E-state index contributed by atoms with van der Waals surface area (Å²) in [5.41, 5.74) is 4.32. The lowest BCUT2D eigenvalue weighted by Crippen LogP contribution is -2.22. The topological polar surface area (TPSA) is 65.1 Å². The van der Waals surface area contributed by atoms with Gasteiger partial charge < -0.3 is 10.3 Å². The Kier molecular flexibility index (Phi) is 2.83.